The van der Waals surface area contributed by atoms with Gasteiger partial charge in [0.25, 0.3) is 0 Å². The summed E-state index contributed by atoms with van der Waals surface area (Å²) in [7, 11) is 0. The highest BCUT2D eigenvalue weighted by atomic mass is 16.5. The van der Waals surface area contributed by atoms with Crippen molar-refractivity contribution in [3.05, 3.63) is 40.6 Å². The summed E-state index contributed by atoms with van der Waals surface area (Å²) in [6, 6.07) is 6.89. The molecule has 0 saturated heterocycles. The molecule has 6 nitrogen and oxygen atoms in total. The van der Waals surface area contributed by atoms with Crippen molar-refractivity contribution in [2.24, 2.45) is 0 Å². The smallest absolute Gasteiger partial charge is 0.302 e. The third-order valence-electron chi connectivity index (χ3n) is 3.39. The lowest BCUT2D eigenvalue weighted by molar-refractivity contribution is 0.447. The summed E-state index contributed by atoms with van der Waals surface area (Å²) in [5.74, 6) is -0.806. The van der Waals surface area contributed by atoms with Crippen molar-refractivity contribution < 1.29 is 24.2 Å². The number of rotatable bonds is 0. The molecule has 0 fully saturated rings. The second kappa shape index (κ2) is 3.69. The number of benzene rings is 2. The van der Waals surface area contributed by atoms with Crippen LogP contribution in [0.25, 0.3) is 33.1 Å². The first-order valence-corrected chi connectivity index (χ1v) is 6.09. The molecule has 4 aromatic rings. The van der Waals surface area contributed by atoms with Crippen LogP contribution >= 0.6 is 0 Å². The van der Waals surface area contributed by atoms with Gasteiger partial charge in [-0.1, -0.05) is 6.07 Å². The van der Waals surface area contributed by atoms with Gasteiger partial charge in [0.1, 0.15) is 27.9 Å². The van der Waals surface area contributed by atoms with Crippen LogP contribution in [0.3, 0.4) is 0 Å². The zero-order valence-corrected chi connectivity index (χ0v) is 10.5. The Morgan fingerprint density at radius 3 is 2.52 bits per heavy atom. The van der Waals surface area contributed by atoms with Crippen LogP contribution in [-0.2, 0) is 0 Å². The van der Waals surface area contributed by atoms with Gasteiger partial charge in [-0.15, -0.1) is 0 Å². The van der Waals surface area contributed by atoms with Gasteiger partial charge < -0.3 is 24.2 Å². The fraction of sp³-hybridized carbons (Fsp3) is 0. The lowest BCUT2D eigenvalue weighted by atomic mass is 10.1. The quantitative estimate of drug-likeness (QED) is 0.458. The summed E-state index contributed by atoms with van der Waals surface area (Å²) in [4.78, 5) is 12.6. The van der Waals surface area contributed by atoms with E-state index in [-0.39, 0.29) is 45.0 Å². The maximum atomic E-state index is 12.6. The molecule has 6 heteroatoms. The molecule has 0 spiro atoms. The van der Waals surface area contributed by atoms with E-state index in [0.717, 1.165) is 6.07 Å². The molecule has 104 valence electrons. The van der Waals surface area contributed by atoms with Crippen molar-refractivity contribution in [2.45, 2.75) is 0 Å². The molecule has 0 atom stereocenters. The fourth-order valence-electron chi connectivity index (χ4n) is 2.49. The highest BCUT2D eigenvalue weighted by Gasteiger charge is 2.19. The number of hydrogen-bond acceptors (Lipinski definition) is 6. The molecule has 0 aliphatic heterocycles. The third kappa shape index (κ3) is 1.44. The van der Waals surface area contributed by atoms with E-state index in [1.807, 2.05) is 0 Å². The van der Waals surface area contributed by atoms with E-state index in [4.69, 9.17) is 8.83 Å². The van der Waals surface area contributed by atoms with Gasteiger partial charge in [-0.05, 0) is 12.1 Å². The summed E-state index contributed by atoms with van der Waals surface area (Å²) in [6.07, 6.45) is 0. The minimum Gasteiger partial charge on any atom is -0.508 e. The van der Waals surface area contributed by atoms with Crippen molar-refractivity contribution in [1.82, 2.24) is 0 Å². The minimum absolute atomic E-state index is 0.00328. The number of fused-ring (bicyclic) bond motifs is 4. The van der Waals surface area contributed by atoms with Gasteiger partial charge >= 0.3 is 5.78 Å². The van der Waals surface area contributed by atoms with Gasteiger partial charge in [-0.2, -0.15) is 0 Å². The normalized spacial score (nSPS) is 11.6. The topological polar surface area (TPSA) is 104 Å². The lowest BCUT2D eigenvalue weighted by Gasteiger charge is -2.00. The predicted molar refractivity (Wildman–Crippen MR) is 74.8 cm³/mol. The Hall–Kier alpha value is -3.15. The molecule has 4 rings (SSSR count). The Kier molecular flexibility index (Phi) is 2.05. The molecule has 0 amide bonds. The molecule has 3 N–H and O–H groups in total. The number of para-hydroxylation sites is 1. The summed E-state index contributed by atoms with van der Waals surface area (Å²) < 4.78 is 10.8. The SMILES string of the molecule is O=c1c2c(O)cc(O)cc2oc2oc3c(O)cccc3c12. The molecule has 2 aromatic heterocycles. The molecule has 0 aliphatic carbocycles. The Balaban J connectivity index is 2.35. The molecular weight excluding hydrogens is 276 g/mol. The first-order chi connectivity index (χ1) is 10.1. The maximum Gasteiger partial charge on any atom is 0.302 e. The van der Waals surface area contributed by atoms with Gasteiger partial charge in [0.05, 0.1) is 0 Å². The Morgan fingerprint density at radius 1 is 0.905 bits per heavy atom. The first kappa shape index (κ1) is 11.7. The van der Waals surface area contributed by atoms with E-state index in [9.17, 15) is 20.1 Å². The Morgan fingerprint density at radius 2 is 1.71 bits per heavy atom. The van der Waals surface area contributed by atoms with Crippen molar-refractivity contribution in [2.75, 3.05) is 0 Å². The predicted octanol–water partition coefficient (Wildman–Crippen LogP) is 2.81. The highest BCUT2D eigenvalue weighted by molar-refractivity contribution is 6.08. The van der Waals surface area contributed by atoms with Crippen molar-refractivity contribution in [3.8, 4) is 17.2 Å². The summed E-state index contributed by atoms with van der Waals surface area (Å²) >= 11 is 0. The van der Waals surface area contributed by atoms with Crippen LogP contribution in [0.1, 0.15) is 0 Å². The Bertz CT molecular complexity index is 1090. The van der Waals surface area contributed by atoms with Crippen LogP contribution in [0.15, 0.2) is 44.0 Å². The maximum absolute atomic E-state index is 12.6. The van der Waals surface area contributed by atoms with Crippen LogP contribution in [0.2, 0.25) is 0 Å². The van der Waals surface area contributed by atoms with Gasteiger partial charge in [-0.3, -0.25) is 4.79 Å². The van der Waals surface area contributed by atoms with E-state index in [0.29, 0.717) is 5.39 Å². The number of phenolic OH excluding ortho intramolecular Hbond substituents is 3. The minimum atomic E-state index is -0.492. The van der Waals surface area contributed by atoms with Crippen LogP contribution in [0.5, 0.6) is 17.2 Å². The van der Waals surface area contributed by atoms with Gasteiger partial charge in [0.15, 0.2) is 11.3 Å². The van der Waals surface area contributed by atoms with Gasteiger partial charge in [-0.25, -0.2) is 0 Å². The number of furan rings is 1. The highest BCUT2D eigenvalue weighted by Crippen LogP contribution is 2.36. The second-order valence-electron chi connectivity index (χ2n) is 4.69. The fourth-order valence-corrected chi connectivity index (χ4v) is 2.49. The van der Waals surface area contributed by atoms with Gasteiger partial charge in [0, 0.05) is 17.5 Å². The van der Waals surface area contributed by atoms with Crippen LogP contribution < -0.4 is 5.43 Å². The number of phenols is 3. The van der Waals surface area contributed by atoms with E-state index < -0.39 is 5.43 Å². The van der Waals surface area contributed by atoms with Crippen LogP contribution in [0.4, 0.5) is 0 Å². The third-order valence-corrected chi connectivity index (χ3v) is 3.39. The largest absolute Gasteiger partial charge is 0.508 e. The van der Waals surface area contributed by atoms with Crippen molar-refractivity contribution in [1.29, 1.82) is 0 Å². The van der Waals surface area contributed by atoms with E-state index in [1.165, 1.54) is 12.1 Å². The molecule has 0 saturated carbocycles. The monoisotopic (exact) mass is 284 g/mol. The molecular formula is C15H8O6. The molecule has 2 aromatic carbocycles. The average Bonchev–Trinajstić information content (AvgIpc) is 2.78. The summed E-state index contributed by atoms with van der Waals surface area (Å²) in [5, 5.41) is 29.6. The van der Waals surface area contributed by atoms with Gasteiger partial charge in [0.2, 0.25) is 5.43 Å². The van der Waals surface area contributed by atoms with E-state index >= 15 is 0 Å². The Labute approximate surface area is 116 Å². The number of aromatic hydroxyl groups is 3. The standard InChI is InChI=1S/C15H8O6/c16-6-4-9(18)12-10(5-6)20-15-11(13(12)19)7-2-1-3-8(17)14(7)21-15/h1-5,16-18H. The molecule has 0 radical (unpaired) electrons. The average molecular weight is 284 g/mol. The van der Waals surface area contributed by atoms with Crippen LogP contribution in [0, 0.1) is 0 Å². The molecule has 21 heavy (non-hydrogen) atoms. The number of hydrogen-bond donors (Lipinski definition) is 3. The molecule has 0 aliphatic rings. The summed E-state index contributed by atoms with van der Waals surface area (Å²) in [5.41, 5.74) is -0.357. The first-order valence-electron chi connectivity index (χ1n) is 6.09. The molecule has 0 bridgehead atoms. The molecule has 0 unspecified atom stereocenters. The zero-order valence-electron chi connectivity index (χ0n) is 10.5. The second-order valence-corrected chi connectivity index (χ2v) is 4.69. The summed E-state index contributed by atoms with van der Waals surface area (Å²) in [6.45, 7) is 0. The molecule has 2 heterocycles. The zero-order chi connectivity index (χ0) is 14.7. The van der Waals surface area contributed by atoms with E-state index in [2.05, 4.69) is 0 Å². The lowest BCUT2D eigenvalue weighted by Crippen LogP contribution is -2.01. The van der Waals surface area contributed by atoms with Crippen molar-refractivity contribution >= 4 is 33.1 Å². The van der Waals surface area contributed by atoms with Crippen LogP contribution in [-0.4, -0.2) is 15.3 Å². The van der Waals surface area contributed by atoms with Crippen molar-refractivity contribution in [3.63, 3.8) is 0 Å². The van der Waals surface area contributed by atoms with E-state index in [1.54, 1.807) is 12.1 Å².